The molecule has 0 spiro atoms. The Morgan fingerprint density at radius 3 is 3.11 bits per heavy atom. The summed E-state index contributed by atoms with van der Waals surface area (Å²) in [6.07, 6.45) is 0. The van der Waals surface area contributed by atoms with E-state index in [9.17, 15) is 0 Å². The van der Waals surface area contributed by atoms with Gasteiger partial charge < -0.3 is 10.1 Å². The molecule has 1 atom stereocenters. The molecule has 0 aliphatic carbocycles. The normalized spacial score (nSPS) is 20.9. The molecular weight excluding hydrogens is 316 g/mol. The molecule has 1 aliphatic rings. The number of ether oxygens (including phenoxy) is 1. The first-order valence-electron chi connectivity index (χ1n) is 6.19. The monoisotopic (exact) mass is 332 g/mol. The third-order valence-electron chi connectivity index (χ3n) is 3.17. The van der Waals surface area contributed by atoms with Crippen molar-refractivity contribution in [2.45, 2.75) is 13.0 Å². The summed E-state index contributed by atoms with van der Waals surface area (Å²) >= 11 is 9.34. The third-order valence-corrected chi connectivity index (χ3v) is 4.02. The zero-order chi connectivity index (χ0) is 13.0. The fraction of sp³-hybridized carbons (Fsp3) is 0.538. The van der Waals surface area contributed by atoms with Gasteiger partial charge in [-0.3, -0.25) is 4.90 Å². The van der Waals surface area contributed by atoms with Crippen molar-refractivity contribution in [1.82, 2.24) is 10.2 Å². The molecule has 0 radical (unpaired) electrons. The third kappa shape index (κ3) is 3.85. The van der Waals surface area contributed by atoms with E-state index in [2.05, 4.69) is 33.1 Å². The number of hydrogen-bond donors (Lipinski definition) is 1. The summed E-state index contributed by atoms with van der Waals surface area (Å²) in [6.45, 7) is 7.11. The van der Waals surface area contributed by atoms with E-state index in [1.54, 1.807) is 0 Å². The van der Waals surface area contributed by atoms with Crippen LogP contribution < -0.4 is 10.1 Å². The summed E-state index contributed by atoms with van der Waals surface area (Å²) in [7, 11) is 0. The van der Waals surface area contributed by atoms with Gasteiger partial charge in [-0.25, -0.2) is 0 Å². The Balaban J connectivity index is 1.81. The molecule has 5 heteroatoms. The molecule has 18 heavy (non-hydrogen) atoms. The first kappa shape index (κ1) is 14.1. The summed E-state index contributed by atoms with van der Waals surface area (Å²) in [6, 6.07) is 6.17. The molecule has 1 aromatic carbocycles. The average Bonchev–Trinajstić information content (AvgIpc) is 2.34. The molecule has 1 aromatic rings. The Bertz CT molecular complexity index is 403. The van der Waals surface area contributed by atoms with Crippen LogP contribution in [0.1, 0.15) is 6.92 Å². The summed E-state index contributed by atoms with van der Waals surface area (Å²) in [4.78, 5) is 2.44. The van der Waals surface area contributed by atoms with Gasteiger partial charge in [0.25, 0.3) is 0 Å². The topological polar surface area (TPSA) is 24.5 Å². The van der Waals surface area contributed by atoms with Crippen LogP contribution in [-0.2, 0) is 0 Å². The van der Waals surface area contributed by atoms with Crippen molar-refractivity contribution in [2.75, 3.05) is 32.8 Å². The number of nitrogens with zero attached hydrogens (tertiary/aromatic N) is 1. The van der Waals surface area contributed by atoms with Crippen LogP contribution in [-0.4, -0.2) is 43.7 Å². The fourth-order valence-electron chi connectivity index (χ4n) is 2.08. The maximum atomic E-state index is 5.89. The Hall–Kier alpha value is -0.290. The van der Waals surface area contributed by atoms with Crippen LogP contribution in [0.4, 0.5) is 0 Å². The molecule has 0 bridgehead atoms. The van der Waals surface area contributed by atoms with Crippen LogP contribution in [0.5, 0.6) is 5.75 Å². The second-order valence-corrected chi connectivity index (χ2v) is 5.80. The van der Waals surface area contributed by atoms with Crippen LogP contribution in [0.2, 0.25) is 5.02 Å². The Kier molecular flexibility index (Phi) is 5.30. The maximum absolute atomic E-state index is 5.89. The second-order valence-electron chi connectivity index (χ2n) is 4.51. The van der Waals surface area contributed by atoms with E-state index in [0.29, 0.717) is 17.7 Å². The molecule has 0 saturated carbocycles. The van der Waals surface area contributed by atoms with Crippen molar-refractivity contribution in [3.05, 3.63) is 27.7 Å². The number of piperazine rings is 1. The number of nitrogens with one attached hydrogen (secondary N) is 1. The van der Waals surface area contributed by atoms with Crippen LogP contribution in [0.15, 0.2) is 22.7 Å². The van der Waals surface area contributed by atoms with E-state index in [1.807, 2.05) is 18.2 Å². The molecule has 0 unspecified atom stereocenters. The van der Waals surface area contributed by atoms with Gasteiger partial charge in [-0.1, -0.05) is 11.6 Å². The largest absolute Gasteiger partial charge is 0.491 e. The lowest BCUT2D eigenvalue weighted by Crippen LogP contribution is -2.50. The van der Waals surface area contributed by atoms with Gasteiger partial charge in [-0.05, 0) is 41.1 Å². The summed E-state index contributed by atoms with van der Waals surface area (Å²) < 4.78 is 6.68. The van der Waals surface area contributed by atoms with Gasteiger partial charge in [0.05, 0.1) is 4.47 Å². The highest BCUT2D eigenvalue weighted by atomic mass is 79.9. The summed E-state index contributed by atoms with van der Waals surface area (Å²) in [5.41, 5.74) is 0. The van der Waals surface area contributed by atoms with E-state index in [-0.39, 0.29) is 0 Å². The van der Waals surface area contributed by atoms with Crippen molar-refractivity contribution >= 4 is 27.5 Å². The maximum Gasteiger partial charge on any atom is 0.133 e. The minimum absolute atomic E-state index is 0.580. The van der Waals surface area contributed by atoms with E-state index >= 15 is 0 Å². The molecule has 0 aromatic heterocycles. The smallest absolute Gasteiger partial charge is 0.133 e. The van der Waals surface area contributed by atoms with Gasteiger partial charge in [0, 0.05) is 37.2 Å². The van der Waals surface area contributed by atoms with Crippen LogP contribution in [0.25, 0.3) is 0 Å². The number of rotatable bonds is 4. The van der Waals surface area contributed by atoms with Gasteiger partial charge in [0.1, 0.15) is 12.4 Å². The molecule has 3 nitrogen and oxygen atoms in total. The first-order chi connectivity index (χ1) is 8.66. The van der Waals surface area contributed by atoms with E-state index < -0.39 is 0 Å². The molecule has 1 aliphatic heterocycles. The first-order valence-corrected chi connectivity index (χ1v) is 7.36. The highest BCUT2D eigenvalue weighted by Crippen LogP contribution is 2.27. The molecule has 0 amide bonds. The number of halogens is 2. The van der Waals surface area contributed by atoms with Crippen molar-refractivity contribution in [2.24, 2.45) is 0 Å². The lowest BCUT2D eigenvalue weighted by molar-refractivity contribution is 0.143. The molecule has 100 valence electrons. The molecule has 2 rings (SSSR count). The lowest BCUT2D eigenvalue weighted by Gasteiger charge is -2.33. The van der Waals surface area contributed by atoms with Gasteiger partial charge in [-0.15, -0.1) is 0 Å². The highest BCUT2D eigenvalue weighted by Gasteiger charge is 2.17. The van der Waals surface area contributed by atoms with Crippen LogP contribution in [0, 0.1) is 0 Å². The Morgan fingerprint density at radius 2 is 2.39 bits per heavy atom. The van der Waals surface area contributed by atoms with Crippen molar-refractivity contribution in [3.63, 3.8) is 0 Å². The van der Waals surface area contributed by atoms with Gasteiger partial charge >= 0.3 is 0 Å². The van der Waals surface area contributed by atoms with E-state index in [4.69, 9.17) is 16.3 Å². The average molecular weight is 334 g/mol. The molecule has 1 heterocycles. The van der Waals surface area contributed by atoms with E-state index in [1.165, 1.54) is 0 Å². The van der Waals surface area contributed by atoms with Crippen LogP contribution in [0.3, 0.4) is 0 Å². The Morgan fingerprint density at radius 1 is 1.56 bits per heavy atom. The van der Waals surface area contributed by atoms with Gasteiger partial charge in [-0.2, -0.15) is 0 Å². The van der Waals surface area contributed by atoms with Gasteiger partial charge in [0.15, 0.2) is 0 Å². The standard InChI is InChI=1S/C13H18BrClN2O/c1-10-9-16-4-5-17(10)6-7-18-13-3-2-11(15)8-12(13)14/h2-3,8,10,16H,4-7,9H2,1H3/t10-/m0/s1. The Labute approximate surface area is 122 Å². The number of benzene rings is 1. The van der Waals surface area contributed by atoms with E-state index in [0.717, 1.165) is 36.4 Å². The minimum atomic E-state index is 0.580. The van der Waals surface area contributed by atoms with Crippen molar-refractivity contribution < 1.29 is 4.74 Å². The minimum Gasteiger partial charge on any atom is -0.491 e. The number of hydrogen-bond acceptors (Lipinski definition) is 3. The van der Waals surface area contributed by atoms with Crippen molar-refractivity contribution in [3.8, 4) is 5.75 Å². The second kappa shape index (κ2) is 6.75. The van der Waals surface area contributed by atoms with Crippen molar-refractivity contribution in [1.29, 1.82) is 0 Å². The van der Waals surface area contributed by atoms with Gasteiger partial charge in [0.2, 0.25) is 0 Å². The molecule has 1 saturated heterocycles. The zero-order valence-electron chi connectivity index (χ0n) is 10.5. The molecule has 1 fully saturated rings. The summed E-state index contributed by atoms with van der Waals surface area (Å²) in [5, 5.41) is 4.10. The SMILES string of the molecule is C[C@H]1CNCCN1CCOc1ccc(Cl)cc1Br. The quantitative estimate of drug-likeness (QED) is 0.917. The molecular formula is C13H18BrClN2O. The predicted octanol–water partition coefficient (Wildman–Crippen LogP) is 2.78. The predicted molar refractivity (Wildman–Crippen MR) is 78.6 cm³/mol. The fourth-order valence-corrected chi connectivity index (χ4v) is 2.88. The summed E-state index contributed by atoms with van der Waals surface area (Å²) in [5.74, 6) is 0.849. The highest BCUT2D eigenvalue weighted by molar-refractivity contribution is 9.10. The van der Waals surface area contributed by atoms with Crippen LogP contribution >= 0.6 is 27.5 Å². The molecule has 1 N–H and O–H groups in total. The lowest BCUT2D eigenvalue weighted by atomic mass is 10.2. The zero-order valence-corrected chi connectivity index (χ0v) is 12.8.